The summed E-state index contributed by atoms with van der Waals surface area (Å²) in [5.41, 5.74) is 12.1. The smallest absolute Gasteiger partial charge is 0.165 e. The number of pyridine rings is 1. The molecule has 1 aliphatic carbocycles. The molecule has 8 nitrogen and oxygen atoms in total. The Morgan fingerprint density at radius 1 is 1.10 bits per heavy atom. The summed E-state index contributed by atoms with van der Waals surface area (Å²) in [7, 11) is 0. The summed E-state index contributed by atoms with van der Waals surface area (Å²) in [6, 6.07) is 8.05. The number of aliphatic hydroxyl groups is 2. The molecule has 3 aromatic heterocycles. The zero-order chi connectivity index (χ0) is 21.8. The topological polar surface area (TPSA) is 136 Å². The fraction of sp³-hybridized carbons (Fsp3) is 0.227. The molecule has 1 aliphatic rings. The lowest BCUT2D eigenvalue weighted by Gasteiger charge is -2.34. The molecular weight excluding hydrogens is 399 g/mol. The van der Waals surface area contributed by atoms with Crippen LogP contribution in [0.4, 0.5) is 16.0 Å². The monoisotopic (exact) mass is 420 g/mol. The van der Waals surface area contributed by atoms with Crippen molar-refractivity contribution in [3.05, 3.63) is 66.4 Å². The van der Waals surface area contributed by atoms with Crippen LogP contribution in [0.1, 0.15) is 18.0 Å². The van der Waals surface area contributed by atoms with Gasteiger partial charge >= 0.3 is 0 Å². The van der Waals surface area contributed by atoms with Crippen molar-refractivity contribution in [2.75, 3.05) is 11.5 Å². The van der Waals surface area contributed by atoms with Crippen molar-refractivity contribution in [1.82, 2.24) is 19.5 Å². The zero-order valence-corrected chi connectivity index (χ0v) is 16.5. The molecule has 31 heavy (non-hydrogen) atoms. The first-order valence-corrected chi connectivity index (χ1v) is 9.87. The first-order valence-electron chi connectivity index (χ1n) is 9.87. The number of aliphatic hydroxyl groups excluding tert-OH is 1. The van der Waals surface area contributed by atoms with Crippen molar-refractivity contribution in [3.8, 4) is 0 Å². The Balaban J connectivity index is 1.45. The second kappa shape index (κ2) is 7.00. The molecule has 4 aromatic rings. The largest absolute Gasteiger partial charge is 0.386 e. The normalized spacial score (nSPS) is 23.2. The van der Waals surface area contributed by atoms with Crippen LogP contribution in [0.25, 0.3) is 21.9 Å². The lowest BCUT2D eigenvalue weighted by Crippen LogP contribution is -2.45. The maximum Gasteiger partial charge on any atom is 0.165 e. The van der Waals surface area contributed by atoms with E-state index in [4.69, 9.17) is 11.5 Å². The van der Waals surface area contributed by atoms with Crippen molar-refractivity contribution in [1.29, 1.82) is 0 Å². The number of aromatic nitrogens is 4. The lowest BCUT2D eigenvalue weighted by molar-refractivity contribution is -0.0711. The highest BCUT2D eigenvalue weighted by Crippen LogP contribution is 2.40. The number of hydrogen-bond donors (Lipinski definition) is 4. The summed E-state index contributed by atoms with van der Waals surface area (Å²) in [4.78, 5) is 12.4. The van der Waals surface area contributed by atoms with Gasteiger partial charge in [0.05, 0.1) is 16.9 Å². The van der Waals surface area contributed by atoms with Gasteiger partial charge in [0.1, 0.15) is 29.5 Å². The maximum absolute atomic E-state index is 13.6. The number of anilines is 2. The van der Waals surface area contributed by atoms with Gasteiger partial charge in [-0.25, -0.2) is 19.3 Å². The second-order valence-electron chi connectivity index (χ2n) is 7.87. The van der Waals surface area contributed by atoms with Crippen LogP contribution in [0.5, 0.6) is 0 Å². The van der Waals surface area contributed by atoms with E-state index >= 15 is 0 Å². The van der Waals surface area contributed by atoms with E-state index in [1.807, 2.05) is 12.1 Å². The number of nitrogens with two attached hydrogens (primary N) is 2. The summed E-state index contributed by atoms with van der Waals surface area (Å²) in [5, 5.41) is 23.4. The van der Waals surface area contributed by atoms with E-state index in [-0.39, 0.29) is 12.2 Å². The molecule has 0 spiro atoms. The quantitative estimate of drug-likeness (QED) is 0.371. The highest BCUT2D eigenvalue weighted by atomic mass is 19.1. The molecule has 5 rings (SSSR count). The highest BCUT2D eigenvalue weighted by Gasteiger charge is 2.46. The fourth-order valence-corrected chi connectivity index (χ4v) is 4.26. The van der Waals surface area contributed by atoms with E-state index < -0.39 is 23.6 Å². The van der Waals surface area contributed by atoms with Crippen LogP contribution in [0.3, 0.4) is 0 Å². The van der Waals surface area contributed by atoms with E-state index in [1.165, 1.54) is 12.4 Å². The van der Waals surface area contributed by atoms with Crippen LogP contribution in [0, 0.1) is 5.82 Å². The van der Waals surface area contributed by atoms with Gasteiger partial charge in [0.15, 0.2) is 11.6 Å². The van der Waals surface area contributed by atoms with E-state index in [1.54, 1.807) is 35.0 Å². The molecule has 1 aromatic carbocycles. The molecule has 0 bridgehead atoms. The van der Waals surface area contributed by atoms with E-state index in [9.17, 15) is 14.6 Å². The van der Waals surface area contributed by atoms with E-state index in [0.29, 0.717) is 34.2 Å². The Hall–Kier alpha value is -3.56. The number of fused-ring (bicyclic) bond motifs is 2. The molecule has 0 saturated heterocycles. The third-order valence-corrected chi connectivity index (χ3v) is 6.02. The minimum absolute atomic E-state index is 0.153. The van der Waals surface area contributed by atoms with Gasteiger partial charge in [-0.2, -0.15) is 0 Å². The molecule has 3 atom stereocenters. The number of aryl methyl sites for hydroxylation is 1. The third-order valence-electron chi connectivity index (χ3n) is 6.02. The van der Waals surface area contributed by atoms with Gasteiger partial charge in [-0.05, 0) is 36.6 Å². The predicted octanol–water partition coefficient (Wildman–Crippen LogP) is 2.12. The number of benzene rings is 1. The molecule has 3 heterocycles. The summed E-state index contributed by atoms with van der Waals surface area (Å²) in [6.07, 6.45) is 6.22. The molecule has 0 amide bonds. The first-order chi connectivity index (χ1) is 14.9. The Morgan fingerprint density at radius 2 is 1.94 bits per heavy atom. The highest BCUT2D eigenvalue weighted by molar-refractivity contribution is 5.86. The van der Waals surface area contributed by atoms with Crippen LogP contribution >= 0.6 is 0 Å². The lowest BCUT2D eigenvalue weighted by atomic mass is 9.87. The van der Waals surface area contributed by atoms with Crippen molar-refractivity contribution in [2.24, 2.45) is 0 Å². The summed E-state index contributed by atoms with van der Waals surface area (Å²) >= 11 is 0. The molecule has 9 heteroatoms. The summed E-state index contributed by atoms with van der Waals surface area (Å²) in [6.45, 7) is 0. The fourth-order valence-electron chi connectivity index (χ4n) is 4.26. The van der Waals surface area contributed by atoms with Crippen molar-refractivity contribution in [3.63, 3.8) is 0 Å². The van der Waals surface area contributed by atoms with Crippen LogP contribution < -0.4 is 11.5 Å². The minimum atomic E-state index is -1.45. The first kappa shape index (κ1) is 19.4. The molecule has 0 fully saturated rings. The van der Waals surface area contributed by atoms with Crippen LogP contribution in [-0.4, -0.2) is 41.4 Å². The average Bonchev–Trinajstić information content (AvgIpc) is 3.30. The standard InChI is InChI=1S/C22H21FN6O2/c23-15-10-13-2-1-12(9-16(13)28-20(15)25)5-7-22(31)17(3-4-18(22)30)29-8-6-14-19(24)26-11-27-21(14)29/h1-4,6,8-11,17-18,30-31H,5,7H2,(H2,25,28)(H2,24,26,27). The van der Waals surface area contributed by atoms with Gasteiger partial charge < -0.3 is 26.2 Å². The van der Waals surface area contributed by atoms with Crippen LogP contribution in [0.15, 0.2) is 55.0 Å². The molecule has 0 radical (unpaired) electrons. The molecule has 0 aliphatic heterocycles. The van der Waals surface area contributed by atoms with Crippen molar-refractivity contribution in [2.45, 2.75) is 30.6 Å². The van der Waals surface area contributed by atoms with Crippen LogP contribution in [-0.2, 0) is 6.42 Å². The van der Waals surface area contributed by atoms with Gasteiger partial charge in [0.25, 0.3) is 0 Å². The molecular formula is C22H21FN6O2. The second-order valence-corrected chi connectivity index (χ2v) is 7.87. The Labute approximate surface area is 176 Å². The zero-order valence-electron chi connectivity index (χ0n) is 16.5. The molecule has 3 unspecified atom stereocenters. The van der Waals surface area contributed by atoms with Gasteiger partial charge in [0, 0.05) is 11.6 Å². The molecule has 158 valence electrons. The third kappa shape index (κ3) is 3.09. The minimum Gasteiger partial charge on any atom is -0.386 e. The van der Waals surface area contributed by atoms with Crippen molar-refractivity contribution >= 4 is 33.6 Å². The SMILES string of the molecule is Nc1nc2cc(CCC3(O)C(O)C=CC3n3ccc4c(N)ncnc43)ccc2cc1F. The van der Waals surface area contributed by atoms with Gasteiger partial charge in [0.2, 0.25) is 0 Å². The maximum atomic E-state index is 13.6. The number of nitrogens with zero attached hydrogens (tertiary/aromatic N) is 4. The number of nitrogen functional groups attached to an aromatic ring is 2. The Kier molecular flexibility index (Phi) is 4.38. The summed E-state index contributed by atoms with van der Waals surface area (Å²) < 4.78 is 15.4. The summed E-state index contributed by atoms with van der Waals surface area (Å²) in [5.74, 6) is -0.352. The van der Waals surface area contributed by atoms with Gasteiger partial charge in [-0.15, -0.1) is 0 Å². The van der Waals surface area contributed by atoms with Crippen molar-refractivity contribution < 1.29 is 14.6 Å². The number of halogens is 1. The number of rotatable bonds is 4. The van der Waals surface area contributed by atoms with E-state index in [0.717, 1.165) is 5.56 Å². The Bertz CT molecular complexity index is 1340. The van der Waals surface area contributed by atoms with Crippen LogP contribution in [0.2, 0.25) is 0 Å². The van der Waals surface area contributed by atoms with Gasteiger partial charge in [-0.1, -0.05) is 24.3 Å². The van der Waals surface area contributed by atoms with E-state index in [2.05, 4.69) is 15.0 Å². The number of hydrogen-bond acceptors (Lipinski definition) is 7. The average molecular weight is 420 g/mol. The Morgan fingerprint density at radius 3 is 2.77 bits per heavy atom. The van der Waals surface area contributed by atoms with Gasteiger partial charge in [-0.3, -0.25) is 0 Å². The molecule has 6 N–H and O–H groups in total. The molecule has 0 saturated carbocycles. The predicted molar refractivity (Wildman–Crippen MR) is 116 cm³/mol.